The molecule has 1 unspecified atom stereocenters. The summed E-state index contributed by atoms with van der Waals surface area (Å²) in [7, 11) is 4.60. The number of hydrogen-bond donors (Lipinski definition) is 1. The van der Waals surface area contributed by atoms with Gasteiger partial charge in [0.2, 0.25) is 0 Å². The standard InChI is InChI=1S/C24H31NO7/c1-24(2,3)32-23(28)25(4)15-19(26)16-10-12-18(13-11-16)31-21(27)14-17-8-7-9-20(29-5)22(17)30-6/h7-13,19,26H,14-15H2,1-6H3. The van der Waals surface area contributed by atoms with E-state index in [0.29, 0.717) is 28.4 Å². The minimum atomic E-state index is -0.918. The Kier molecular flexibility index (Phi) is 8.48. The van der Waals surface area contributed by atoms with Crippen LogP contribution in [0, 0.1) is 0 Å². The number of benzene rings is 2. The summed E-state index contributed by atoms with van der Waals surface area (Å²) >= 11 is 0. The van der Waals surface area contributed by atoms with E-state index in [-0.39, 0.29) is 13.0 Å². The van der Waals surface area contributed by atoms with Crippen molar-refractivity contribution in [1.29, 1.82) is 0 Å². The average molecular weight is 446 g/mol. The molecule has 0 saturated heterocycles. The fourth-order valence-corrected chi connectivity index (χ4v) is 2.95. The maximum atomic E-state index is 12.4. The van der Waals surface area contributed by atoms with Crippen molar-refractivity contribution in [2.75, 3.05) is 27.8 Å². The molecule has 1 amide bonds. The van der Waals surface area contributed by atoms with Crippen LogP contribution in [-0.2, 0) is 16.0 Å². The molecule has 0 saturated carbocycles. The van der Waals surface area contributed by atoms with Gasteiger partial charge in [-0.25, -0.2) is 4.79 Å². The summed E-state index contributed by atoms with van der Waals surface area (Å²) in [5.41, 5.74) is 0.611. The zero-order valence-electron chi connectivity index (χ0n) is 19.4. The monoisotopic (exact) mass is 445 g/mol. The lowest BCUT2D eigenvalue weighted by Gasteiger charge is -2.26. The minimum absolute atomic E-state index is 0.00539. The molecule has 32 heavy (non-hydrogen) atoms. The van der Waals surface area contributed by atoms with Crippen molar-refractivity contribution >= 4 is 12.1 Å². The smallest absolute Gasteiger partial charge is 0.410 e. The molecule has 1 N–H and O–H groups in total. The molecule has 0 aliphatic rings. The first-order valence-corrected chi connectivity index (χ1v) is 10.2. The molecule has 8 nitrogen and oxygen atoms in total. The third kappa shape index (κ3) is 7.16. The van der Waals surface area contributed by atoms with Gasteiger partial charge in [-0.2, -0.15) is 0 Å². The van der Waals surface area contributed by atoms with Crippen LogP contribution in [0.15, 0.2) is 42.5 Å². The summed E-state index contributed by atoms with van der Waals surface area (Å²) in [6, 6.07) is 11.7. The number of aliphatic hydroxyl groups excluding tert-OH is 1. The zero-order valence-corrected chi connectivity index (χ0v) is 19.4. The van der Waals surface area contributed by atoms with Crippen LogP contribution in [0.1, 0.15) is 38.0 Å². The number of aliphatic hydroxyl groups is 1. The summed E-state index contributed by atoms with van der Waals surface area (Å²) in [4.78, 5) is 25.7. The highest BCUT2D eigenvalue weighted by Gasteiger charge is 2.22. The Balaban J connectivity index is 1.96. The van der Waals surface area contributed by atoms with Gasteiger partial charge in [0.1, 0.15) is 11.4 Å². The van der Waals surface area contributed by atoms with Crippen LogP contribution in [0.3, 0.4) is 0 Å². The van der Waals surface area contributed by atoms with Crippen LogP contribution in [0.4, 0.5) is 4.79 Å². The molecule has 0 aliphatic heterocycles. The fraction of sp³-hybridized carbons (Fsp3) is 0.417. The molecule has 2 rings (SSSR count). The molecule has 2 aromatic rings. The van der Waals surface area contributed by atoms with Crippen LogP contribution in [-0.4, -0.2) is 55.5 Å². The van der Waals surface area contributed by atoms with Crippen molar-refractivity contribution < 1.29 is 33.6 Å². The van der Waals surface area contributed by atoms with Crippen LogP contribution in [0.5, 0.6) is 17.2 Å². The first kappa shape index (κ1) is 25.0. The quantitative estimate of drug-likeness (QED) is 0.488. The first-order chi connectivity index (χ1) is 15.0. The lowest BCUT2D eigenvalue weighted by Crippen LogP contribution is -2.36. The van der Waals surface area contributed by atoms with E-state index in [0.717, 1.165) is 0 Å². The normalized spacial score (nSPS) is 12.0. The van der Waals surface area contributed by atoms with E-state index in [4.69, 9.17) is 18.9 Å². The highest BCUT2D eigenvalue weighted by molar-refractivity contribution is 5.76. The van der Waals surface area contributed by atoms with E-state index in [1.165, 1.54) is 19.1 Å². The molecular formula is C24H31NO7. The highest BCUT2D eigenvalue weighted by atomic mass is 16.6. The average Bonchev–Trinajstić information content (AvgIpc) is 2.72. The summed E-state index contributed by atoms with van der Waals surface area (Å²) in [6.45, 7) is 5.39. The van der Waals surface area contributed by atoms with Crippen molar-refractivity contribution in [3.63, 3.8) is 0 Å². The molecule has 0 heterocycles. The molecule has 0 bridgehead atoms. The lowest BCUT2D eigenvalue weighted by molar-refractivity contribution is -0.133. The number of nitrogens with zero attached hydrogens (tertiary/aromatic N) is 1. The molecule has 0 spiro atoms. The molecule has 2 aromatic carbocycles. The second-order valence-electron chi connectivity index (χ2n) is 8.25. The molecule has 0 aromatic heterocycles. The van der Waals surface area contributed by atoms with Crippen molar-refractivity contribution in [1.82, 2.24) is 4.90 Å². The first-order valence-electron chi connectivity index (χ1n) is 10.2. The predicted octanol–water partition coefficient (Wildman–Crippen LogP) is 3.75. The summed E-state index contributed by atoms with van der Waals surface area (Å²) < 4.78 is 21.3. The van der Waals surface area contributed by atoms with Gasteiger partial charge in [0.05, 0.1) is 33.3 Å². The van der Waals surface area contributed by atoms with E-state index in [1.807, 2.05) is 0 Å². The minimum Gasteiger partial charge on any atom is -0.493 e. The molecule has 8 heteroatoms. The summed E-state index contributed by atoms with van der Waals surface area (Å²) in [6.07, 6.45) is -1.43. The second-order valence-corrected chi connectivity index (χ2v) is 8.25. The van der Waals surface area contributed by atoms with Gasteiger partial charge in [-0.05, 0) is 44.5 Å². The SMILES string of the molecule is COc1cccc(CC(=O)Oc2ccc(C(O)CN(C)C(=O)OC(C)(C)C)cc2)c1OC. The number of likely N-dealkylation sites (N-methyl/N-ethyl adjacent to an activating group) is 1. The predicted molar refractivity (Wildman–Crippen MR) is 119 cm³/mol. The van der Waals surface area contributed by atoms with Crippen molar-refractivity contribution in [3.05, 3.63) is 53.6 Å². The molecule has 0 radical (unpaired) electrons. The number of methoxy groups -OCH3 is 2. The number of carbonyl (C=O) groups excluding carboxylic acids is 2. The summed E-state index contributed by atoms with van der Waals surface area (Å²) in [5, 5.41) is 10.4. The fourth-order valence-electron chi connectivity index (χ4n) is 2.95. The Hall–Kier alpha value is -3.26. The van der Waals surface area contributed by atoms with Crippen molar-refractivity contribution in [2.45, 2.75) is 38.9 Å². The molecule has 0 fully saturated rings. The maximum absolute atomic E-state index is 12.4. The van der Waals surface area contributed by atoms with E-state index in [1.54, 1.807) is 70.3 Å². The lowest BCUT2D eigenvalue weighted by atomic mass is 10.1. The van der Waals surface area contributed by atoms with Gasteiger partial charge in [-0.15, -0.1) is 0 Å². The molecule has 174 valence electrons. The zero-order chi connectivity index (χ0) is 23.9. The molecular weight excluding hydrogens is 414 g/mol. The Bertz CT molecular complexity index is 919. The Morgan fingerprint density at radius 3 is 2.25 bits per heavy atom. The van der Waals surface area contributed by atoms with Gasteiger partial charge in [-0.1, -0.05) is 24.3 Å². The van der Waals surface area contributed by atoms with Crippen molar-refractivity contribution in [3.8, 4) is 17.2 Å². The number of amides is 1. The van der Waals surface area contributed by atoms with Crippen LogP contribution < -0.4 is 14.2 Å². The Morgan fingerprint density at radius 1 is 1.03 bits per heavy atom. The number of esters is 1. The molecule has 1 atom stereocenters. The van der Waals surface area contributed by atoms with E-state index < -0.39 is 23.8 Å². The van der Waals surface area contributed by atoms with Gasteiger partial charge in [0.15, 0.2) is 11.5 Å². The third-order valence-electron chi connectivity index (χ3n) is 4.47. The number of para-hydroxylation sites is 1. The topological polar surface area (TPSA) is 94.5 Å². The number of rotatable bonds is 8. The Labute approximate surface area is 188 Å². The number of carbonyl (C=O) groups is 2. The van der Waals surface area contributed by atoms with Gasteiger partial charge < -0.3 is 29.0 Å². The van der Waals surface area contributed by atoms with Crippen molar-refractivity contribution in [2.24, 2.45) is 0 Å². The molecule has 0 aliphatic carbocycles. The third-order valence-corrected chi connectivity index (χ3v) is 4.47. The maximum Gasteiger partial charge on any atom is 0.410 e. The van der Waals surface area contributed by atoms with Gasteiger partial charge in [0, 0.05) is 12.6 Å². The van der Waals surface area contributed by atoms with Crippen LogP contribution in [0.2, 0.25) is 0 Å². The van der Waals surface area contributed by atoms with E-state index in [2.05, 4.69) is 0 Å². The van der Waals surface area contributed by atoms with Crippen LogP contribution >= 0.6 is 0 Å². The second kappa shape index (κ2) is 10.9. The van der Waals surface area contributed by atoms with Gasteiger partial charge >= 0.3 is 12.1 Å². The van der Waals surface area contributed by atoms with Gasteiger partial charge in [-0.3, -0.25) is 4.79 Å². The highest BCUT2D eigenvalue weighted by Crippen LogP contribution is 2.31. The largest absolute Gasteiger partial charge is 0.493 e. The van der Waals surface area contributed by atoms with E-state index in [9.17, 15) is 14.7 Å². The number of ether oxygens (including phenoxy) is 4. The summed E-state index contributed by atoms with van der Waals surface area (Å²) in [5.74, 6) is 0.898. The van der Waals surface area contributed by atoms with Gasteiger partial charge in [0.25, 0.3) is 0 Å². The number of hydrogen-bond acceptors (Lipinski definition) is 7. The van der Waals surface area contributed by atoms with E-state index >= 15 is 0 Å². The Morgan fingerprint density at radius 2 is 1.69 bits per heavy atom. The van der Waals surface area contributed by atoms with Crippen LogP contribution in [0.25, 0.3) is 0 Å².